The first kappa shape index (κ1) is 25.2. The van der Waals surface area contributed by atoms with Crippen molar-refractivity contribution in [3.63, 3.8) is 0 Å². The van der Waals surface area contributed by atoms with Crippen molar-refractivity contribution in [2.24, 2.45) is 5.92 Å². The molecule has 2 fully saturated rings. The van der Waals surface area contributed by atoms with E-state index in [1.165, 1.54) is 0 Å². The number of aliphatic hydroxyl groups is 2. The van der Waals surface area contributed by atoms with Crippen LogP contribution in [0.5, 0.6) is 0 Å². The van der Waals surface area contributed by atoms with E-state index in [4.69, 9.17) is 0 Å². The van der Waals surface area contributed by atoms with E-state index in [-0.39, 0.29) is 25.0 Å². The molecule has 2 aromatic rings. The summed E-state index contributed by atoms with van der Waals surface area (Å²) in [5, 5.41) is 21.1. The number of hydrogen-bond donors (Lipinski definition) is 2. The summed E-state index contributed by atoms with van der Waals surface area (Å²) in [6.07, 6.45) is 6.59. The molecule has 0 spiro atoms. The number of benzene rings is 2. The van der Waals surface area contributed by atoms with Crippen LogP contribution in [0.3, 0.4) is 0 Å². The van der Waals surface area contributed by atoms with Gasteiger partial charge in [-0.05, 0) is 55.2 Å². The van der Waals surface area contributed by atoms with Crippen molar-refractivity contribution >= 4 is 34.8 Å². The van der Waals surface area contributed by atoms with Crippen LogP contribution in [0.15, 0.2) is 54.6 Å². The Bertz CT molecular complexity index is 1260. The maximum absolute atomic E-state index is 13.9. The standard InChI is InChI=1S/C29H33N3O5/c1-20(7-2-3-16-33)29(37)24-18-23(31-15-6-11-27(31)35)12-13-25(24)32(28(29)36)19-21-8-4-9-22(17-21)30-14-5-10-26(30)34/h2,4,7-9,12-13,17-18,20,33,37H,3,5-6,10-11,14-16,19H2,1H3/b7-2+/t20-,29+/m0/s1. The number of aliphatic hydroxyl groups excluding tert-OH is 1. The van der Waals surface area contributed by atoms with Gasteiger partial charge in [0.05, 0.1) is 12.2 Å². The summed E-state index contributed by atoms with van der Waals surface area (Å²) in [7, 11) is 0. The van der Waals surface area contributed by atoms with Crippen LogP contribution in [0.4, 0.5) is 17.1 Å². The second-order valence-electron chi connectivity index (χ2n) is 10.1. The van der Waals surface area contributed by atoms with E-state index in [9.17, 15) is 24.6 Å². The summed E-state index contributed by atoms with van der Waals surface area (Å²) in [5.41, 5.74) is 1.60. The van der Waals surface area contributed by atoms with Crippen molar-refractivity contribution in [3.8, 4) is 0 Å². The smallest absolute Gasteiger partial charge is 0.264 e. The molecule has 0 saturated carbocycles. The minimum Gasteiger partial charge on any atom is -0.396 e. The number of hydrogen-bond acceptors (Lipinski definition) is 5. The van der Waals surface area contributed by atoms with Crippen molar-refractivity contribution < 1.29 is 24.6 Å². The zero-order valence-electron chi connectivity index (χ0n) is 21.1. The maximum Gasteiger partial charge on any atom is 0.264 e. The molecular weight excluding hydrogens is 470 g/mol. The molecule has 0 unspecified atom stereocenters. The number of rotatable bonds is 8. The molecule has 2 N–H and O–H groups in total. The summed E-state index contributed by atoms with van der Waals surface area (Å²) in [4.78, 5) is 43.6. The van der Waals surface area contributed by atoms with Gasteiger partial charge in [-0.2, -0.15) is 0 Å². The van der Waals surface area contributed by atoms with Gasteiger partial charge in [-0.3, -0.25) is 14.4 Å². The Hall–Kier alpha value is -3.49. The van der Waals surface area contributed by atoms with Gasteiger partial charge in [0.1, 0.15) is 0 Å². The quantitative estimate of drug-likeness (QED) is 0.539. The number of fused-ring (bicyclic) bond motifs is 1. The minimum atomic E-state index is -1.82. The molecule has 3 aliphatic rings. The van der Waals surface area contributed by atoms with Crippen LogP contribution in [0.1, 0.15) is 50.2 Å². The van der Waals surface area contributed by atoms with Gasteiger partial charge in [-0.1, -0.05) is 31.2 Å². The molecule has 0 aliphatic carbocycles. The van der Waals surface area contributed by atoms with Crippen molar-refractivity contribution in [1.29, 1.82) is 0 Å². The van der Waals surface area contributed by atoms with Crippen LogP contribution >= 0.6 is 0 Å². The summed E-state index contributed by atoms with van der Waals surface area (Å²) in [5.74, 6) is -0.861. The Balaban J connectivity index is 1.52. The van der Waals surface area contributed by atoms with E-state index in [0.29, 0.717) is 49.3 Å². The van der Waals surface area contributed by atoms with Crippen molar-refractivity contribution in [1.82, 2.24) is 0 Å². The molecule has 0 radical (unpaired) electrons. The fraction of sp³-hybridized carbons (Fsp3) is 0.414. The molecule has 5 rings (SSSR count). The molecular formula is C29H33N3O5. The molecule has 8 nitrogen and oxygen atoms in total. The lowest BCUT2D eigenvalue weighted by Gasteiger charge is -2.28. The lowest BCUT2D eigenvalue weighted by Crippen LogP contribution is -2.44. The van der Waals surface area contributed by atoms with Crippen molar-refractivity contribution in [2.45, 2.75) is 51.2 Å². The first-order valence-corrected chi connectivity index (χ1v) is 13.0. The SMILES string of the molecule is C[C@@H](/C=C/CCO)[C@]1(O)C(=O)N(Cc2cccc(N3CCCC3=O)c2)c2ccc(N3CCCC3=O)cc21. The van der Waals surface area contributed by atoms with Gasteiger partial charge in [-0.15, -0.1) is 0 Å². The number of amides is 3. The average Bonchev–Trinajstić information content (AvgIpc) is 3.58. The van der Waals surface area contributed by atoms with Crippen LogP contribution in [-0.2, 0) is 26.5 Å². The van der Waals surface area contributed by atoms with Crippen LogP contribution in [0, 0.1) is 5.92 Å². The van der Waals surface area contributed by atoms with E-state index < -0.39 is 17.4 Å². The van der Waals surface area contributed by atoms with Gasteiger partial charge in [0.25, 0.3) is 5.91 Å². The highest BCUT2D eigenvalue weighted by atomic mass is 16.3. The van der Waals surface area contributed by atoms with E-state index in [0.717, 1.165) is 24.1 Å². The van der Waals surface area contributed by atoms with E-state index in [1.807, 2.05) is 36.4 Å². The van der Waals surface area contributed by atoms with E-state index >= 15 is 0 Å². The largest absolute Gasteiger partial charge is 0.396 e. The van der Waals surface area contributed by atoms with Gasteiger partial charge < -0.3 is 24.9 Å². The number of anilines is 3. The van der Waals surface area contributed by atoms with Crippen molar-refractivity contribution in [3.05, 3.63) is 65.7 Å². The topological polar surface area (TPSA) is 101 Å². The summed E-state index contributed by atoms with van der Waals surface area (Å²) >= 11 is 0. The van der Waals surface area contributed by atoms with E-state index in [2.05, 4.69) is 0 Å². The first-order chi connectivity index (χ1) is 17.8. The molecule has 2 aromatic carbocycles. The Kier molecular flexibility index (Phi) is 6.88. The summed E-state index contributed by atoms with van der Waals surface area (Å²) in [6, 6.07) is 13.0. The third-order valence-electron chi connectivity index (χ3n) is 7.65. The van der Waals surface area contributed by atoms with Gasteiger partial charge in [0.2, 0.25) is 11.8 Å². The molecule has 2 atom stereocenters. The molecule has 37 heavy (non-hydrogen) atoms. The molecule has 3 amide bonds. The first-order valence-electron chi connectivity index (χ1n) is 13.0. The Morgan fingerprint density at radius 3 is 2.27 bits per heavy atom. The highest BCUT2D eigenvalue weighted by molar-refractivity contribution is 6.08. The fourth-order valence-corrected chi connectivity index (χ4v) is 5.62. The Labute approximate surface area is 216 Å². The summed E-state index contributed by atoms with van der Waals surface area (Å²) < 4.78 is 0. The molecule has 194 valence electrons. The predicted octanol–water partition coefficient (Wildman–Crippen LogP) is 3.25. The normalized spacial score (nSPS) is 22.6. The molecule has 0 aromatic heterocycles. The molecule has 3 heterocycles. The van der Waals surface area contributed by atoms with Crippen molar-refractivity contribution in [2.75, 3.05) is 34.4 Å². The zero-order valence-corrected chi connectivity index (χ0v) is 21.1. The van der Waals surface area contributed by atoms with Crippen LogP contribution < -0.4 is 14.7 Å². The molecule has 8 heteroatoms. The number of nitrogens with zero attached hydrogens (tertiary/aromatic N) is 3. The third-order valence-corrected chi connectivity index (χ3v) is 7.65. The second-order valence-corrected chi connectivity index (χ2v) is 10.1. The van der Waals surface area contributed by atoms with E-state index in [1.54, 1.807) is 39.8 Å². The van der Waals surface area contributed by atoms with Gasteiger partial charge in [0, 0.05) is 55.4 Å². The second kappa shape index (κ2) is 10.1. The molecule has 3 aliphatic heterocycles. The molecule has 0 bridgehead atoms. The average molecular weight is 504 g/mol. The third kappa shape index (κ3) is 4.45. The lowest BCUT2D eigenvalue weighted by atomic mass is 9.82. The van der Waals surface area contributed by atoms with Crippen LogP contribution in [-0.4, -0.2) is 47.6 Å². The monoisotopic (exact) mass is 503 g/mol. The van der Waals surface area contributed by atoms with Gasteiger partial charge in [-0.25, -0.2) is 0 Å². The van der Waals surface area contributed by atoms with Gasteiger partial charge in [0.15, 0.2) is 5.60 Å². The summed E-state index contributed by atoms with van der Waals surface area (Å²) in [6.45, 7) is 3.30. The maximum atomic E-state index is 13.9. The minimum absolute atomic E-state index is 0.0185. The highest BCUT2D eigenvalue weighted by Crippen LogP contribution is 2.47. The number of carbonyl (C=O) groups excluding carboxylic acids is 3. The van der Waals surface area contributed by atoms with Crippen LogP contribution in [0.2, 0.25) is 0 Å². The zero-order chi connectivity index (χ0) is 26.2. The molecule has 2 saturated heterocycles. The number of carbonyl (C=O) groups is 3. The highest BCUT2D eigenvalue weighted by Gasteiger charge is 2.52. The van der Waals surface area contributed by atoms with Crippen LogP contribution in [0.25, 0.3) is 0 Å². The lowest BCUT2D eigenvalue weighted by molar-refractivity contribution is -0.139. The van der Waals surface area contributed by atoms with Gasteiger partial charge >= 0.3 is 0 Å². The fourth-order valence-electron chi connectivity index (χ4n) is 5.62. The Morgan fingerprint density at radius 2 is 1.65 bits per heavy atom. The predicted molar refractivity (Wildman–Crippen MR) is 141 cm³/mol. The Morgan fingerprint density at radius 1 is 0.973 bits per heavy atom.